The topological polar surface area (TPSA) is 26.3 Å². The molecule has 0 bridgehead atoms. The summed E-state index contributed by atoms with van der Waals surface area (Å²) in [6.45, 7) is 6.48. The maximum Gasteiger partial charge on any atom is 0.306 e. The van der Waals surface area contributed by atoms with Crippen molar-refractivity contribution in [2.45, 2.75) is 33.6 Å². The van der Waals surface area contributed by atoms with Crippen molar-refractivity contribution in [1.29, 1.82) is 0 Å². The van der Waals surface area contributed by atoms with Crippen molar-refractivity contribution in [3.05, 3.63) is 21.4 Å². The highest BCUT2D eigenvalue weighted by atomic mass is 32.1. The molecule has 0 unspecified atom stereocenters. The molecule has 0 spiro atoms. The van der Waals surface area contributed by atoms with Gasteiger partial charge in [-0.15, -0.1) is 11.3 Å². The molecule has 1 aromatic heterocycles. The van der Waals surface area contributed by atoms with Crippen molar-refractivity contribution >= 4 is 17.3 Å². The second-order valence-corrected chi connectivity index (χ2v) is 4.61. The SMILES string of the molecule is CCOC(=O)CCc1sc(C)cc1C. The molecule has 0 aromatic carbocycles. The highest BCUT2D eigenvalue weighted by molar-refractivity contribution is 7.12. The molecule has 78 valence electrons. The smallest absolute Gasteiger partial charge is 0.306 e. The van der Waals surface area contributed by atoms with Gasteiger partial charge in [0.15, 0.2) is 0 Å². The highest BCUT2D eigenvalue weighted by Crippen LogP contribution is 2.22. The normalized spacial score (nSPS) is 10.2. The Kier molecular flexibility index (Phi) is 4.14. The van der Waals surface area contributed by atoms with Crippen LogP contribution in [0.1, 0.15) is 28.7 Å². The number of rotatable bonds is 4. The zero-order valence-corrected chi connectivity index (χ0v) is 9.74. The minimum absolute atomic E-state index is 0.0991. The van der Waals surface area contributed by atoms with Crippen LogP contribution in [0.5, 0.6) is 0 Å². The number of carbonyl (C=O) groups excluding carboxylic acids is 1. The largest absolute Gasteiger partial charge is 0.466 e. The first-order chi connectivity index (χ1) is 6.63. The molecule has 1 heterocycles. The van der Waals surface area contributed by atoms with Crippen LogP contribution in [0.3, 0.4) is 0 Å². The predicted octanol–water partition coefficient (Wildman–Crippen LogP) is 2.86. The second kappa shape index (κ2) is 5.15. The molecule has 0 fully saturated rings. The van der Waals surface area contributed by atoms with Gasteiger partial charge >= 0.3 is 5.97 Å². The van der Waals surface area contributed by atoms with Gasteiger partial charge in [0, 0.05) is 9.75 Å². The fourth-order valence-corrected chi connectivity index (χ4v) is 2.44. The van der Waals surface area contributed by atoms with Gasteiger partial charge in [0.1, 0.15) is 0 Å². The average Bonchev–Trinajstić information content (AvgIpc) is 2.42. The minimum Gasteiger partial charge on any atom is -0.466 e. The molecule has 2 nitrogen and oxygen atoms in total. The van der Waals surface area contributed by atoms with E-state index >= 15 is 0 Å². The van der Waals surface area contributed by atoms with Gasteiger partial charge in [-0.3, -0.25) is 4.79 Å². The van der Waals surface area contributed by atoms with Crippen LogP contribution < -0.4 is 0 Å². The predicted molar refractivity (Wildman–Crippen MR) is 58.7 cm³/mol. The van der Waals surface area contributed by atoms with Gasteiger partial charge in [0.25, 0.3) is 0 Å². The molecule has 0 aliphatic heterocycles. The summed E-state index contributed by atoms with van der Waals surface area (Å²) in [4.78, 5) is 13.7. The first-order valence-corrected chi connectivity index (χ1v) is 5.66. The van der Waals surface area contributed by atoms with Crippen LogP contribution in [0.4, 0.5) is 0 Å². The zero-order valence-electron chi connectivity index (χ0n) is 8.92. The van der Waals surface area contributed by atoms with Crippen molar-refractivity contribution in [2.24, 2.45) is 0 Å². The monoisotopic (exact) mass is 212 g/mol. The Hall–Kier alpha value is -0.830. The fourth-order valence-electron chi connectivity index (χ4n) is 1.39. The number of thiophene rings is 1. The van der Waals surface area contributed by atoms with E-state index < -0.39 is 0 Å². The highest BCUT2D eigenvalue weighted by Gasteiger charge is 2.06. The van der Waals surface area contributed by atoms with Crippen LogP contribution in [-0.2, 0) is 16.0 Å². The van der Waals surface area contributed by atoms with Crippen LogP contribution >= 0.6 is 11.3 Å². The molecule has 3 heteroatoms. The Morgan fingerprint density at radius 3 is 2.71 bits per heavy atom. The third-order valence-electron chi connectivity index (χ3n) is 2.01. The second-order valence-electron chi connectivity index (χ2n) is 3.27. The first kappa shape index (κ1) is 11.2. The minimum atomic E-state index is -0.0991. The fraction of sp³-hybridized carbons (Fsp3) is 0.545. The number of ether oxygens (including phenoxy) is 1. The zero-order chi connectivity index (χ0) is 10.6. The summed E-state index contributed by atoms with van der Waals surface area (Å²) in [6.07, 6.45) is 1.30. The van der Waals surface area contributed by atoms with Gasteiger partial charge in [-0.2, -0.15) is 0 Å². The Labute approximate surface area is 88.9 Å². The van der Waals surface area contributed by atoms with Crippen LogP contribution in [0, 0.1) is 13.8 Å². The number of hydrogen-bond donors (Lipinski definition) is 0. The Morgan fingerprint density at radius 1 is 1.50 bits per heavy atom. The van der Waals surface area contributed by atoms with E-state index in [-0.39, 0.29) is 5.97 Å². The van der Waals surface area contributed by atoms with Crippen LogP contribution in [0.2, 0.25) is 0 Å². The molecule has 0 atom stereocenters. The van der Waals surface area contributed by atoms with E-state index in [1.807, 2.05) is 6.92 Å². The van der Waals surface area contributed by atoms with Crippen molar-refractivity contribution < 1.29 is 9.53 Å². The summed E-state index contributed by atoms with van der Waals surface area (Å²) in [5, 5.41) is 0. The van der Waals surface area contributed by atoms with E-state index in [2.05, 4.69) is 19.9 Å². The lowest BCUT2D eigenvalue weighted by Gasteiger charge is -2.00. The van der Waals surface area contributed by atoms with Gasteiger partial charge < -0.3 is 4.74 Å². The molecular weight excluding hydrogens is 196 g/mol. The van der Waals surface area contributed by atoms with E-state index in [1.54, 1.807) is 11.3 Å². The lowest BCUT2D eigenvalue weighted by molar-refractivity contribution is -0.143. The molecule has 0 aliphatic rings. The third-order valence-corrected chi connectivity index (χ3v) is 3.22. The van der Waals surface area contributed by atoms with Crippen LogP contribution in [0.15, 0.2) is 6.07 Å². The molecule has 1 aromatic rings. The van der Waals surface area contributed by atoms with E-state index in [1.165, 1.54) is 15.3 Å². The molecule has 0 radical (unpaired) electrons. The maximum absolute atomic E-state index is 11.1. The van der Waals surface area contributed by atoms with E-state index in [9.17, 15) is 4.79 Å². The number of hydrogen-bond acceptors (Lipinski definition) is 3. The Bertz CT molecular complexity index is 315. The Morgan fingerprint density at radius 2 is 2.21 bits per heavy atom. The lowest BCUT2D eigenvalue weighted by Crippen LogP contribution is -2.04. The number of aryl methyl sites for hydroxylation is 3. The van der Waals surface area contributed by atoms with Crippen molar-refractivity contribution in [2.75, 3.05) is 6.61 Å². The summed E-state index contributed by atoms with van der Waals surface area (Å²) in [7, 11) is 0. The van der Waals surface area contributed by atoms with Crippen LogP contribution in [-0.4, -0.2) is 12.6 Å². The van der Waals surface area contributed by atoms with E-state index in [4.69, 9.17) is 4.74 Å². The molecule has 0 aliphatic carbocycles. The molecule has 1 rings (SSSR count). The molecule has 14 heavy (non-hydrogen) atoms. The first-order valence-electron chi connectivity index (χ1n) is 4.85. The van der Waals surface area contributed by atoms with Crippen molar-refractivity contribution in [1.82, 2.24) is 0 Å². The van der Waals surface area contributed by atoms with Crippen molar-refractivity contribution in [3.63, 3.8) is 0 Å². The maximum atomic E-state index is 11.1. The van der Waals surface area contributed by atoms with E-state index in [0.717, 1.165) is 6.42 Å². The molecular formula is C11H16O2S. The third kappa shape index (κ3) is 3.14. The molecule has 0 amide bonds. The van der Waals surface area contributed by atoms with Gasteiger partial charge in [-0.1, -0.05) is 0 Å². The van der Waals surface area contributed by atoms with Gasteiger partial charge in [0.2, 0.25) is 0 Å². The summed E-state index contributed by atoms with van der Waals surface area (Å²) >= 11 is 1.77. The van der Waals surface area contributed by atoms with Crippen LogP contribution in [0.25, 0.3) is 0 Å². The molecule has 0 saturated heterocycles. The average molecular weight is 212 g/mol. The quantitative estimate of drug-likeness (QED) is 0.717. The summed E-state index contributed by atoms with van der Waals surface area (Å²) in [6, 6.07) is 2.16. The summed E-state index contributed by atoms with van der Waals surface area (Å²) in [5.41, 5.74) is 1.29. The number of carbonyl (C=O) groups is 1. The lowest BCUT2D eigenvalue weighted by atomic mass is 10.2. The van der Waals surface area contributed by atoms with Gasteiger partial charge in [-0.05, 0) is 38.8 Å². The molecule has 0 N–H and O–H groups in total. The van der Waals surface area contributed by atoms with Gasteiger partial charge in [0.05, 0.1) is 13.0 Å². The molecule has 0 saturated carbocycles. The van der Waals surface area contributed by atoms with Gasteiger partial charge in [-0.25, -0.2) is 0 Å². The summed E-state index contributed by atoms with van der Waals surface area (Å²) in [5.74, 6) is -0.0991. The Balaban J connectivity index is 2.45. The standard InChI is InChI=1S/C11H16O2S/c1-4-13-11(12)6-5-10-8(2)7-9(3)14-10/h7H,4-6H2,1-3H3. The van der Waals surface area contributed by atoms with Crippen molar-refractivity contribution in [3.8, 4) is 0 Å². The van der Waals surface area contributed by atoms with E-state index in [0.29, 0.717) is 13.0 Å². The number of esters is 1. The summed E-state index contributed by atoms with van der Waals surface area (Å²) < 4.78 is 4.88.